The molecule has 0 unspecified atom stereocenters. The van der Waals surface area contributed by atoms with Gasteiger partial charge in [-0.15, -0.1) is 0 Å². The van der Waals surface area contributed by atoms with Gasteiger partial charge >= 0.3 is 6.03 Å². The molecule has 0 aliphatic rings. The fraction of sp³-hybridized carbons (Fsp3) is 0.316. The summed E-state index contributed by atoms with van der Waals surface area (Å²) in [5, 5.41) is 11.3. The number of amides is 2. The van der Waals surface area contributed by atoms with Gasteiger partial charge < -0.3 is 14.7 Å². The predicted octanol–water partition coefficient (Wildman–Crippen LogP) is 3.76. The van der Waals surface area contributed by atoms with Crippen molar-refractivity contribution in [1.82, 2.24) is 19.8 Å². The largest absolute Gasteiger partial charge is 0.361 e. The molecule has 3 aromatic rings. The van der Waals surface area contributed by atoms with Crippen LogP contribution in [0.5, 0.6) is 0 Å². The Morgan fingerprint density at radius 1 is 1.19 bits per heavy atom. The van der Waals surface area contributed by atoms with Crippen molar-refractivity contribution < 1.29 is 9.32 Å². The molecule has 0 saturated carbocycles. The Bertz CT molecular complexity index is 905. The Morgan fingerprint density at radius 2 is 1.88 bits per heavy atom. The van der Waals surface area contributed by atoms with Gasteiger partial charge in [0.2, 0.25) is 0 Å². The third-order valence-electron chi connectivity index (χ3n) is 4.30. The number of nitrogens with zero attached hydrogens (tertiary/aromatic N) is 4. The molecule has 2 amide bonds. The zero-order valence-electron chi connectivity index (χ0n) is 15.7. The van der Waals surface area contributed by atoms with Crippen LogP contribution in [0.3, 0.4) is 0 Å². The quantitative estimate of drug-likeness (QED) is 0.775. The molecule has 3 rings (SSSR count). The third-order valence-corrected chi connectivity index (χ3v) is 4.30. The van der Waals surface area contributed by atoms with E-state index in [0.717, 1.165) is 39.8 Å². The van der Waals surface area contributed by atoms with Gasteiger partial charge in [-0.2, -0.15) is 5.10 Å². The van der Waals surface area contributed by atoms with E-state index in [4.69, 9.17) is 4.52 Å². The number of carbonyl (C=O) groups is 1. The average Bonchev–Trinajstić information content (AvgIpc) is 3.10. The first-order valence-corrected chi connectivity index (χ1v) is 8.42. The van der Waals surface area contributed by atoms with E-state index in [1.165, 1.54) is 0 Å². The number of nitrogens with one attached hydrogen (secondary N) is 1. The lowest BCUT2D eigenvalue weighted by molar-refractivity contribution is 0.220. The lowest BCUT2D eigenvalue weighted by atomic mass is 10.2. The molecule has 0 aliphatic heterocycles. The van der Waals surface area contributed by atoms with Gasteiger partial charge in [-0.25, -0.2) is 9.48 Å². The summed E-state index contributed by atoms with van der Waals surface area (Å²) in [4.78, 5) is 14.0. The molecule has 0 bridgehead atoms. The van der Waals surface area contributed by atoms with E-state index < -0.39 is 0 Å². The first-order chi connectivity index (χ1) is 12.3. The van der Waals surface area contributed by atoms with Crippen LogP contribution >= 0.6 is 0 Å². The van der Waals surface area contributed by atoms with Crippen molar-refractivity contribution >= 4 is 11.7 Å². The molecule has 7 nitrogen and oxygen atoms in total. The second kappa shape index (κ2) is 7.03. The van der Waals surface area contributed by atoms with E-state index in [9.17, 15) is 4.79 Å². The van der Waals surface area contributed by atoms with Crippen LogP contribution in [-0.2, 0) is 6.54 Å². The predicted molar refractivity (Wildman–Crippen MR) is 99.5 cm³/mol. The number of aryl methyl sites for hydroxylation is 4. The SMILES string of the molecule is Cc1cc(C)n(-c2ccc(NC(=O)N(C)Cc3c(C)noc3C)cc2)n1. The van der Waals surface area contributed by atoms with E-state index in [1.54, 1.807) is 11.9 Å². The maximum absolute atomic E-state index is 12.4. The van der Waals surface area contributed by atoms with Crippen LogP contribution in [0.2, 0.25) is 0 Å². The standard InChI is InChI=1S/C19H23N5O2/c1-12-10-13(2)24(21-12)17-8-6-16(7-9-17)20-19(25)23(5)11-18-14(3)22-26-15(18)4/h6-10H,11H2,1-5H3,(H,20,25). The highest BCUT2D eigenvalue weighted by Crippen LogP contribution is 2.17. The molecule has 2 heterocycles. The molecule has 0 radical (unpaired) electrons. The van der Waals surface area contributed by atoms with Gasteiger partial charge in [0.15, 0.2) is 0 Å². The third kappa shape index (κ3) is 3.61. The lowest BCUT2D eigenvalue weighted by Gasteiger charge is -2.18. The molecule has 136 valence electrons. The minimum Gasteiger partial charge on any atom is -0.361 e. The van der Waals surface area contributed by atoms with Gasteiger partial charge in [0.25, 0.3) is 0 Å². The number of hydrogen-bond acceptors (Lipinski definition) is 4. The van der Waals surface area contributed by atoms with Crippen molar-refractivity contribution in [1.29, 1.82) is 0 Å². The van der Waals surface area contributed by atoms with Crippen LogP contribution in [0.4, 0.5) is 10.5 Å². The number of anilines is 1. The highest BCUT2D eigenvalue weighted by Gasteiger charge is 2.15. The Morgan fingerprint density at radius 3 is 2.42 bits per heavy atom. The maximum atomic E-state index is 12.4. The van der Waals surface area contributed by atoms with E-state index in [-0.39, 0.29) is 6.03 Å². The normalized spacial score (nSPS) is 10.8. The highest BCUT2D eigenvalue weighted by molar-refractivity contribution is 5.89. The molecule has 0 fully saturated rings. The van der Waals surface area contributed by atoms with Gasteiger partial charge in [-0.1, -0.05) is 5.16 Å². The van der Waals surface area contributed by atoms with Gasteiger partial charge in [0.05, 0.1) is 23.6 Å². The zero-order valence-corrected chi connectivity index (χ0v) is 15.7. The van der Waals surface area contributed by atoms with Crippen molar-refractivity contribution in [3.8, 4) is 5.69 Å². The second-order valence-electron chi connectivity index (χ2n) is 6.47. The fourth-order valence-corrected chi connectivity index (χ4v) is 2.83. The number of urea groups is 1. The molecule has 2 aromatic heterocycles. The second-order valence-corrected chi connectivity index (χ2v) is 6.47. The van der Waals surface area contributed by atoms with E-state index >= 15 is 0 Å². The van der Waals surface area contributed by atoms with Crippen molar-refractivity contribution in [2.45, 2.75) is 34.2 Å². The molecule has 0 atom stereocenters. The number of rotatable bonds is 4. The van der Waals surface area contributed by atoms with Gasteiger partial charge in [0, 0.05) is 24.0 Å². The highest BCUT2D eigenvalue weighted by atomic mass is 16.5. The van der Waals surface area contributed by atoms with Crippen LogP contribution in [0.15, 0.2) is 34.9 Å². The van der Waals surface area contributed by atoms with Crippen LogP contribution in [-0.4, -0.2) is 32.9 Å². The van der Waals surface area contributed by atoms with Crippen LogP contribution in [0.1, 0.15) is 28.4 Å². The number of benzene rings is 1. The van der Waals surface area contributed by atoms with Crippen LogP contribution in [0, 0.1) is 27.7 Å². The zero-order chi connectivity index (χ0) is 18.8. The Hall–Kier alpha value is -3.09. The van der Waals surface area contributed by atoms with Crippen LogP contribution in [0.25, 0.3) is 5.69 Å². The summed E-state index contributed by atoms with van der Waals surface area (Å²) in [5.74, 6) is 0.733. The summed E-state index contributed by atoms with van der Waals surface area (Å²) in [5.41, 5.74) is 5.46. The lowest BCUT2D eigenvalue weighted by Crippen LogP contribution is -2.31. The minimum absolute atomic E-state index is 0.191. The summed E-state index contributed by atoms with van der Waals surface area (Å²) in [6, 6.07) is 9.44. The molecule has 0 spiro atoms. The number of aromatic nitrogens is 3. The van der Waals surface area contributed by atoms with Crippen molar-refractivity contribution in [2.24, 2.45) is 0 Å². The van der Waals surface area contributed by atoms with E-state index in [1.807, 2.05) is 62.7 Å². The molecular weight excluding hydrogens is 330 g/mol. The minimum atomic E-state index is -0.191. The average molecular weight is 353 g/mol. The maximum Gasteiger partial charge on any atom is 0.321 e. The fourth-order valence-electron chi connectivity index (χ4n) is 2.83. The van der Waals surface area contributed by atoms with Gasteiger partial charge in [-0.3, -0.25) is 0 Å². The first kappa shape index (κ1) is 17.7. The molecule has 1 N–H and O–H groups in total. The Labute approximate surface area is 152 Å². The van der Waals surface area contributed by atoms with Crippen molar-refractivity contribution in [2.75, 3.05) is 12.4 Å². The molecule has 0 saturated heterocycles. The summed E-state index contributed by atoms with van der Waals surface area (Å²) in [6.45, 7) is 8.14. The monoisotopic (exact) mass is 353 g/mol. The number of carbonyl (C=O) groups excluding carboxylic acids is 1. The summed E-state index contributed by atoms with van der Waals surface area (Å²) >= 11 is 0. The smallest absolute Gasteiger partial charge is 0.321 e. The molecular formula is C19H23N5O2. The van der Waals surface area contributed by atoms with Crippen molar-refractivity contribution in [3.05, 3.63) is 58.7 Å². The van der Waals surface area contributed by atoms with Crippen LogP contribution < -0.4 is 5.32 Å². The van der Waals surface area contributed by atoms with Crippen molar-refractivity contribution in [3.63, 3.8) is 0 Å². The summed E-state index contributed by atoms with van der Waals surface area (Å²) in [7, 11) is 1.74. The first-order valence-electron chi connectivity index (χ1n) is 8.42. The summed E-state index contributed by atoms with van der Waals surface area (Å²) in [6.07, 6.45) is 0. The van der Waals surface area contributed by atoms with Gasteiger partial charge in [0.1, 0.15) is 5.76 Å². The van der Waals surface area contributed by atoms with E-state index in [0.29, 0.717) is 6.54 Å². The Kier molecular flexibility index (Phi) is 4.79. The van der Waals surface area contributed by atoms with E-state index in [2.05, 4.69) is 15.6 Å². The summed E-state index contributed by atoms with van der Waals surface area (Å²) < 4.78 is 7.02. The number of hydrogen-bond donors (Lipinski definition) is 1. The van der Waals surface area contributed by atoms with Gasteiger partial charge in [-0.05, 0) is 58.0 Å². The molecule has 0 aliphatic carbocycles. The molecule has 7 heteroatoms. The Balaban J connectivity index is 1.67. The molecule has 1 aromatic carbocycles. The molecule has 26 heavy (non-hydrogen) atoms. The topological polar surface area (TPSA) is 76.2 Å².